The zero-order chi connectivity index (χ0) is 40.6. The van der Waals surface area contributed by atoms with E-state index < -0.39 is 70.5 Å². The van der Waals surface area contributed by atoms with Crippen LogP contribution in [0.4, 0.5) is 0 Å². The second-order valence-electron chi connectivity index (χ2n) is 14.1. The van der Waals surface area contributed by atoms with Crippen LogP contribution in [-0.2, 0) is 32.2 Å². The Labute approximate surface area is 323 Å². The van der Waals surface area contributed by atoms with Crippen LogP contribution in [0.1, 0.15) is 88.1 Å². The number of aryl methyl sites for hydroxylation is 2. The SMILES string of the molecule is CCC1(CC)O[C@@H](n2cc(C)c(=O)[nH]c2=O)[C@@H](N=[N+]=[N-])C1OCc1ccccc1.CCC1(CC)O[C@@H](n2cc(C)c(=O)[nH]c2=O)[C@@H](O)C1OCc1ccccc1. The van der Waals surface area contributed by atoms with E-state index in [1.54, 1.807) is 13.8 Å². The van der Waals surface area contributed by atoms with Crippen molar-refractivity contribution in [1.29, 1.82) is 0 Å². The van der Waals surface area contributed by atoms with E-state index in [1.165, 1.54) is 21.5 Å². The summed E-state index contributed by atoms with van der Waals surface area (Å²) in [5, 5.41) is 14.9. The normalized spacial score (nSPS) is 23.6. The predicted molar refractivity (Wildman–Crippen MR) is 208 cm³/mol. The molecule has 2 aliphatic rings. The molecule has 0 radical (unpaired) electrons. The van der Waals surface area contributed by atoms with Crippen LogP contribution in [0.25, 0.3) is 10.4 Å². The number of nitrogens with zero attached hydrogens (tertiary/aromatic N) is 5. The van der Waals surface area contributed by atoms with Gasteiger partial charge in [0.2, 0.25) is 0 Å². The Morgan fingerprint density at radius 2 is 1.12 bits per heavy atom. The van der Waals surface area contributed by atoms with Crippen molar-refractivity contribution in [3.63, 3.8) is 0 Å². The minimum atomic E-state index is -1.04. The standard InChI is InChI=1S/C20H25N5O4.C20H26N2O5/c1-4-20(5-2)16(28-12-14-9-7-6-8-10-14)15(23-24-21)18(29-20)25-11-13(3)17(26)22-19(25)27;1-4-20(5-2)16(26-12-14-9-7-6-8-10-14)15(23)18(27-20)22-11-13(3)17(24)21-19(22)25/h6-11,15-16,18H,4-5,12H2,1-3H3,(H,22,26,27);6-11,15-16,18,23H,4-5,12H2,1-3H3,(H,21,24,25)/t2*15-,16?,18+/m00/s1. The first-order valence-electron chi connectivity index (χ1n) is 18.9. The molecule has 300 valence electrons. The Hall–Kier alpha value is -5.09. The summed E-state index contributed by atoms with van der Waals surface area (Å²) >= 11 is 0. The van der Waals surface area contributed by atoms with Crippen LogP contribution in [0.3, 0.4) is 0 Å². The van der Waals surface area contributed by atoms with Gasteiger partial charge in [-0.3, -0.25) is 28.7 Å². The van der Waals surface area contributed by atoms with Crippen molar-refractivity contribution in [3.8, 4) is 0 Å². The van der Waals surface area contributed by atoms with Crippen molar-refractivity contribution in [3.05, 3.63) is 147 Å². The fraction of sp³-hybridized carbons (Fsp3) is 0.500. The fourth-order valence-corrected chi connectivity index (χ4v) is 7.51. The van der Waals surface area contributed by atoms with Gasteiger partial charge in [0.25, 0.3) is 11.1 Å². The Bertz CT molecular complexity index is 2210. The molecule has 2 fully saturated rings. The second-order valence-corrected chi connectivity index (χ2v) is 14.1. The highest BCUT2D eigenvalue weighted by atomic mass is 16.6. The van der Waals surface area contributed by atoms with Crippen LogP contribution in [0.2, 0.25) is 0 Å². The first-order valence-corrected chi connectivity index (χ1v) is 18.9. The number of aromatic amines is 2. The van der Waals surface area contributed by atoms with Gasteiger partial charge in [-0.15, -0.1) is 0 Å². The molecule has 56 heavy (non-hydrogen) atoms. The van der Waals surface area contributed by atoms with E-state index in [9.17, 15) is 29.8 Å². The minimum Gasteiger partial charge on any atom is -0.386 e. The molecule has 2 aliphatic heterocycles. The molecule has 0 bridgehead atoms. The zero-order valence-corrected chi connectivity index (χ0v) is 32.6. The molecule has 0 aliphatic carbocycles. The number of aromatic nitrogens is 4. The van der Waals surface area contributed by atoms with E-state index in [0.29, 0.717) is 50.0 Å². The highest BCUT2D eigenvalue weighted by Crippen LogP contribution is 2.45. The van der Waals surface area contributed by atoms with Gasteiger partial charge in [0, 0.05) is 28.4 Å². The van der Waals surface area contributed by atoms with Crippen LogP contribution in [0, 0.1) is 13.8 Å². The topological polar surface area (TPSA) is 216 Å². The van der Waals surface area contributed by atoms with Crippen LogP contribution in [-0.4, -0.2) is 59.8 Å². The van der Waals surface area contributed by atoms with Gasteiger partial charge in [-0.2, -0.15) is 0 Å². The van der Waals surface area contributed by atoms with Crippen molar-refractivity contribution >= 4 is 0 Å². The summed E-state index contributed by atoms with van der Waals surface area (Å²) < 4.78 is 27.3. The van der Waals surface area contributed by atoms with E-state index in [2.05, 4.69) is 20.0 Å². The molecule has 16 heteroatoms. The zero-order valence-electron chi connectivity index (χ0n) is 32.6. The average molecular weight is 774 g/mol. The Kier molecular flexibility index (Phi) is 13.7. The van der Waals surface area contributed by atoms with Gasteiger partial charge in [0.05, 0.1) is 30.5 Å². The molecular formula is C40H51N7O9. The molecule has 4 heterocycles. The quantitative estimate of drug-likeness (QED) is 0.0937. The summed E-state index contributed by atoms with van der Waals surface area (Å²) in [6.45, 7) is 11.7. The lowest BCUT2D eigenvalue weighted by atomic mass is 9.88. The smallest absolute Gasteiger partial charge is 0.330 e. The number of ether oxygens (including phenoxy) is 4. The van der Waals surface area contributed by atoms with Crippen molar-refractivity contribution < 1.29 is 24.1 Å². The lowest BCUT2D eigenvalue weighted by Gasteiger charge is -2.33. The molecule has 2 unspecified atom stereocenters. The lowest BCUT2D eigenvalue weighted by Crippen LogP contribution is -2.44. The average Bonchev–Trinajstić information content (AvgIpc) is 3.67. The van der Waals surface area contributed by atoms with Crippen LogP contribution in [0.15, 0.2) is 97.3 Å². The highest BCUT2D eigenvalue weighted by Gasteiger charge is 2.56. The van der Waals surface area contributed by atoms with Crippen molar-refractivity contribution in [1.82, 2.24) is 19.1 Å². The molecular weight excluding hydrogens is 722 g/mol. The maximum atomic E-state index is 12.5. The molecule has 2 saturated heterocycles. The van der Waals surface area contributed by atoms with E-state index in [0.717, 1.165) is 11.1 Å². The van der Waals surface area contributed by atoms with Gasteiger partial charge in [0.1, 0.15) is 24.5 Å². The van der Waals surface area contributed by atoms with Gasteiger partial charge >= 0.3 is 11.4 Å². The van der Waals surface area contributed by atoms with E-state index >= 15 is 0 Å². The lowest BCUT2D eigenvalue weighted by molar-refractivity contribution is -0.125. The monoisotopic (exact) mass is 773 g/mol. The van der Waals surface area contributed by atoms with Crippen LogP contribution >= 0.6 is 0 Å². The maximum Gasteiger partial charge on any atom is 0.330 e. The Morgan fingerprint density at radius 3 is 1.57 bits per heavy atom. The van der Waals surface area contributed by atoms with Gasteiger partial charge < -0.3 is 24.1 Å². The van der Waals surface area contributed by atoms with Gasteiger partial charge in [-0.25, -0.2) is 9.59 Å². The van der Waals surface area contributed by atoms with Gasteiger partial charge in [-0.05, 0) is 56.2 Å². The number of hydrogen-bond donors (Lipinski definition) is 3. The molecule has 4 aromatic rings. The number of rotatable bonds is 13. The summed E-state index contributed by atoms with van der Waals surface area (Å²) in [4.78, 5) is 55.7. The third kappa shape index (κ3) is 8.65. The third-order valence-electron chi connectivity index (χ3n) is 10.9. The van der Waals surface area contributed by atoms with Gasteiger partial charge in [0.15, 0.2) is 6.23 Å². The number of aliphatic hydroxyl groups excluding tert-OH is 1. The van der Waals surface area contributed by atoms with E-state index in [1.807, 2.05) is 88.4 Å². The molecule has 2 aromatic heterocycles. The highest BCUT2D eigenvalue weighted by molar-refractivity contribution is 5.16. The first kappa shape index (κ1) is 42.1. The molecule has 6 rings (SSSR count). The summed E-state index contributed by atoms with van der Waals surface area (Å²) in [6.07, 6.45) is 1.30. The van der Waals surface area contributed by atoms with Gasteiger partial charge in [-0.1, -0.05) is 93.5 Å². The third-order valence-corrected chi connectivity index (χ3v) is 10.9. The van der Waals surface area contributed by atoms with Crippen molar-refractivity contribution in [2.75, 3.05) is 0 Å². The molecule has 3 N–H and O–H groups in total. The Morgan fingerprint density at radius 1 is 0.714 bits per heavy atom. The summed E-state index contributed by atoms with van der Waals surface area (Å²) in [5.41, 5.74) is 8.30. The van der Waals surface area contributed by atoms with Crippen molar-refractivity contribution in [2.24, 2.45) is 5.11 Å². The first-order chi connectivity index (χ1) is 26.9. The molecule has 0 spiro atoms. The summed E-state index contributed by atoms with van der Waals surface area (Å²) in [7, 11) is 0. The largest absolute Gasteiger partial charge is 0.386 e. The molecule has 0 amide bonds. The molecule has 0 saturated carbocycles. The second kappa shape index (κ2) is 18.2. The van der Waals surface area contributed by atoms with Crippen molar-refractivity contribution in [2.45, 2.75) is 128 Å². The number of nitrogens with one attached hydrogen (secondary N) is 2. The number of azide groups is 1. The number of aliphatic hydroxyl groups is 1. The minimum absolute atomic E-state index is 0.320. The maximum absolute atomic E-state index is 12.5. The molecule has 16 nitrogen and oxygen atoms in total. The van der Waals surface area contributed by atoms with Crippen LogP contribution in [0.5, 0.6) is 0 Å². The fourth-order valence-electron chi connectivity index (χ4n) is 7.51. The number of H-pyrrole nitrogens is 2. The molecule has 2 aromatic carbocycles. The molecule has 6 atom stereocenters. The summed E-state index contributed by atoms with van der Waals surface area (Å²) in [6, 6.07) is 18.6. The van der Waals surface area contributed by atoms with E-state index in [4.69, 9.17) is 18.9 Å². The predicted octanol–water partition coefficient (Wildman–Crippen LogP) is 5.08. The number of hydrogen-bond acceptors (Lipinski definition) is 10. The van der Waals surface area contributed by atoms with Crippen LogP contribution < -0.4 is 22.5 Å². The number of benzene rings is 2. The Balaban J connectivity index is 0.000000215. The summed E-state index contributed by atoms with van der Waals surface area (Å²) in [5.74, 6) is 0. The van der Waals surface area contributed by atoms with E-state index in [-0.39, 0.29) is 0 Å².